The van der Waals surface area contributed by atoms with Crippen molar-refractivity contribution in [3.63, 3.8) is 0 Å². The third kappa shape index (κ3) is 4.89. The second-order valence-electron chi connectivity index (χ2n) is 4.73. The fourth-order valence-electron chi connectivity index (χ4n) is 1.92. The van der Waals surface area contributed by atoms with E-state index in [1.54, 1.807) is 0 Å². The van der Waals surface area contributed by atoms with Crippen LogP contribution in [-0.4, -0.2) is 19.1 Å². The lowest BCUT2D eigenvalue weighted by Gasteiger charge is -2.16. The molecule has 0 radical (unpaired) electrons. The molecule has 0 bridgehead atoms. The second-order valence-corrected chi connectivity index (χ2v) is 4.73. The van der Waals surface area contributed by atoms with Gasteiger partial charge in [0.1, 0.15) is 5.82 Å². The monoisotopic (exact) mass is 267 g/mol. The van der Waals surface area contributed by atoms with Crippen molar-refractivity contribution >= 4 is 11.7 Å². The number of unbranched alkanes of at least 4 members (excludes halogenated alkanes) is 2. The summed E-state index contributed by atoms with van der Waals surface area (Å²) in [5, 5.41) is 3.11. The molecule has 0 aliphatic carbocycles. The largest absolute Gasteiger partial charge is 0.465 e. The fraction of sp³-hybridized carbons (Fsp3) is 0.533. The van der Waals surface area contributed by atoms with Crippen LogP contribution in [0.15, 0.2) is 18.2 Å². The van der Waals surface area contributed by atoms with Gasteiger partial charge in [-0.05, 0) is 31.5 Å². The first-order valence-electron chi connectivity index (χ1n) is 6.72. The molecule has 0 heterocycles. The van der Waals surface area contributed by atoms with E-state index in [0.717, 1.165) is 12.8 Å². The van der Waals surface area contributed by atoms with Crippen LogP contribution in [0.5, 0.6) is 0 Å². The first-order chi connectivity index (χ1) is 9.08. The Balaban J connectivity index is 2.68. The van der Waals surface area contributed by atoms with Gasteiger partial charge in [0, 0.05) is 6.04 Å². The predicted molar refractivity (Wildman–Crippen MR) is 75.0 cm³/mol. The van der Waals surface area contributed by atoms with E-state index >= 15 is 0 Å². The van der Waals surface area contributed by atoms with E-state index in [-0.39, 0.29) is 11.9 Å². The molecule has 19 heavy (non-hydrogen) atoms. The third-order valence-electron chi connectivity index (χ3n) is 3.03. The molecule has 1 aromatic carbocycles. The molecular formula is C15H22FNO2. The van der Waals surface area contributed by atoms with E-state index in [0.29, 0.717) is 11.3 Å². The third-order valence-corrected chi connectivity index (χ3v) is 3.03. The van der Waals surface area contributed by atoms with E-state index in [1.807, 2.05) is 6.92 Å². The van der Waals surface area contributed by atoms with Gasteiger partial charge in [-0.1, -0.05) is 26.2 Å². The molecule has 1 rings (SSSR count). The van der Waals surface area contributed by atoms with Gasteiger partial charge in [-0.25, -0.2) is 9.18 Å². The van der Waals surface area contributed by atoms with Gasteiger partial charge in [0.05, 0.1) is 18.4 Å². The van der Waals surface area contributed by atoms with Crippen LogP contribution in [-0.2, 0) is 4.74 Å². The summed E-state index contributed by atoms with van der Waals surface area (Å²) < 4.78 is 18.3. The Bertz CT molecular complexity index is 421. The van der Waals surface area contributed by atoms with Crippen molar-refractivity contribution in [2.75, 3.05) is 12.4 Å². The van der Waals surface area contributed by atoms with E-state index in [4.69, 9.17) is 0 Å². The van der Waals surface area contributed by atoms with Gasteiger partial charge >= 0.3 is 5.97 Å². The molecule has 1 aromatic rings. The smallest absolute Gasteiger partial charge is 0.337 e. The quantitative estimate of drug-likeness (QED) is 0.599. The number of esters is 1. The highest BCUT2D eigenvalue weighted by atomic mass is 19.1. The van der Waals surface area contributed by atoms with Gasteiger partial charge < -0.3 is 10.1 Å². The molecule has 0 saturated heterocycles. The molecule has 1 unspecified atom stereocenters. The van der Waals surface area contributed by atoms with Gasteiger partial charge in [0.15, 0.2) is 0 Å². The summed E-state index contributed by atoms with van der Waals surface area (Å²) in [4.78, 5) is 11.4. The van der Waals surface area contributed by atoms with E-state index in [9.17, 15) is 9.18 Å². The number of nitrogens with one attached hydrogen (secondary N) is 1. The van der Waals surface area contributed by atoms with Gasteiger partial charge in [-0.15, -0.1) is 0 Å². The summed E-state index contributed by atoms with van der Waals surface area (Å²) in [5.41, 5.74) is 0.707. The number of carbonyl (C=O) groups excluding carboxylic acids is 1. The highest BCUT2D eigenvalue weighted by molar-refractivity contribution is 5.90. The van der Waals surface area contributed by atoms with Gasteiger partial charge in [-0.3, -0.25) is 0 Å². The van der Waals surface area contributed by atoms with Crippen molar-refractivity contribution in [1.29, 1.82) is 0 Å². The maximum absolute atomic E-state index is 13.7. The maximum Gasteiger partial charge on any atom is 0.337 e. The van der Waals surface area contributed by atoms with Crippen LogP contribution in [0, 0.1) is 5.82 Å². The summed E-state index contributed by atoms with van der Waals surface area (Å²) in [6, 6.07) is 4.38. The minimum atomic E-state index is -0.457. The molecule has 0 aliphatic heterocycles. The van der Waals surface area contributed by atoms with Gasteiger partial charge in [0.2, 0.25) is 0 Å². The normalized spacial score (nSPS) is 12.0. The first-order valence-corrected chi connectivity index (χ1v) is 6.72. The fourth-order valence-corrected chi connectivity index (χ4v) is 1.92. The molecule has 0 fully saturated rings. The van der Waals surface area contributed by atoms with Crippen molar-refractivity contribution in [2.45, 2.75) is 45.6 Å². The molecule has 0 aromatic heterocycles. The number of benzene rings is 1. The predicted octanol–water partition coefficient (Wildman–Crippen LogP) is 3.99. The molecule has 0 spiro atoms. The number of hydrogen-bond donors (Lipinski definition) is 1. The van der Waals surface area contributed by atoms with Crippen molar-refractivity contribution in [2.24, 2.45) is 0 Å². The summed E-state index contributed by atoms with van der Waals surface area (Å²) in [6.45, 7) is 4.16. The first kappa shape index (κ1) is 15.5. The van der Waals surface area contributed by atoms with E-state index < -0.39 is 5.97 Å². The van der Waals surface area contributed by atoms with Crippen LogP contribution in [0.1, 0.15) is 49.9 Å². The number of ether oxygens (including phenoxy) is 1. The number of halogens is 1. The number of hydrogen-bond acceptors (Lipinski definition) is 3. The molecule has 0 saturated carbocycles. The Morgan fingerprint density at radius 1 is 1.42 bits per heavy atom. The van der Waals surface area contributed by atoms with Crippen LogP contribution in [0.3, 0.4) is 0 Å². The number of carbonyl (C=O) groups is 1. The van der Waals surface area contributed by atoms with Crippen molar-refractivity contribution in [3.8, 4) is 0 Å². The lowest BCUT2D eigenvalue weighted by atomic mass is 10.1. The topological polar surface area (TPSA) is 38.3 Å². The average Bonchev–Trinajstić information content (AvgIpc) is 2.40. The highest BCUT2D eigenvalue weighted by Gasteiger charge is 2.11. The van der Waals surface area contributed by atoms with E-state index in [2.05, 4.69) is 17.0 Å². The minimum absolute atomic E-state index is 0.175. The van der Waals surface area contributed by atoms with Crippen LogP contribution in [0.25, 0.3) is 0 Å². The lowest BCUT2D eigenvalue weighted by molar-refractivity contribution is 0.0600. The minimum Gasteiger partial charge on any atom is -0.465 e. The molecule has 106 valence electrons. The maximum atomic E-state index is 13.7. The summed E-state index contributed by atoms with van der Waals surface area (Å²) in [6.07, 6.45) is 4.44. The van der Waals surface area contributed by atoms with E-state index in [1.165, 1.54) is 38.2 Å². The molecule has 3 nitrogen and oxygen atoms in total. The van der Waals surface area contributed by atoms with Crippen LogP contribution >= 0.6 is 0 Å². The van der Waals surface area contributed by atoms with Crippen LogP contribution < -0.4 is 5.32 Å². The zero-order valence-corrected chi connectivity index (χ0v) is 11.8. The molecule has 0 amide bonds. The Hall–Kier alpha value is -1.58. The molecule has 0 aliphatic rings. The van der Waals surface area contributed by atoms with Crippen molar-refractivity contribution < 1.29 is 13.9 Å². The summed E-state index contributed by atoms with van der Waals surface area (Å²) in [7, 11) is 1.31. The molecule has 4 heteroatoms. The van der Waals surface area contributed by atoms with Gasteiger partial charge in [-0.2, -0.15) is 0 Å². The van der Waals surface area contributed by atoms with Crippen molar-refractivity contribution in [1.82, 2.24) is 0 Å². The Morgan fingerprint density at radius 2 is 2.16 bits per heavy atom. The number of rotatable bonds is 7. The lowest BCUT2D eigenvalue weighted by Crippen LogP contribution is -2.16. The molecular weight excluding hydrogens is 245 g/mol. The number of anilines is 1. The Morgan fingerprint density at radius 3 is 2.79 bits per heavy atom. The van der Waals surface area contributed by atoms with Crippen molar-refractivity contribution in [3.05, 3.63) is 29.6 Å². The van der Waals surface area contributed by atoms with Crippen LogP contribution in [0.4, 0.5) is 10.1 Å². The van der Waals surface area contributed by atoms with Gasteiger partial charge in [0.25, 0.3) is 0 Å². The zero-order valence-electron chi connectivity index (χ0n) is 11.8. The molecule has 1 N–H and O–H groups in total. The molecule has 1 atom stereocenters. The SMILES string of the molecule is CCCCCC(C)Nc1cc(C(=O)OC)ccc1F. The Kier molecular flexibility index (Phi) is 6.33. The van der Waals surface area contributed by atoms with Crippen LogP contribution in [0.2, 0.25) is 0 Å². The standard InChI is InChI=1S/C15H22FNO2/c1-4-5-6-7-11(2)17-14-10-12(15(18)19-3)8-9-13(14)16/h8-11,17H,4-7H2,1-3H3. The Labute approximate surface area is 114 Å². The average molecular weight is 267 g/mol. The zero-order chi connectivity index (χ0) is 14.3. The second kappa shape index (κ2) is 7.77. The summed E-state index contributed by atoms with van der Waals surface area (Å²) >= 11 is 0. The summed E-state index contributed by atoms with van der Waals surface area (Å²) in [5.74, 6) is -0.809. The highest BCUT2D eigenvalue weighted by Crippen LogP contribution is 2.19. The number of methoxy groups -OCH3 is 1.